The minimum absolute atomic E-state index is 0.0450. The van der Waals surface area contributed by atoms with Gasteiger partial charge in [-0.3, -0.25) is 9.59 Å². The van der Waals surface area contributed by atoms with E-state index in [4.69, 9.17) is 19.9 Å². The third-order valence-electron chi connectivity index (χ3n) is 9.55. The standard InChI is InChI=1S/C31H42N4O9/c1-16(33-27(38)20(34-18(3)36)7-5-6-13-32)28(39)42-17(2)29(40)43-22-10-11-31(41)23-15-19-8-9-21(37)25-24(19)30(31,26(22)44-25)12-14-35(23)4/h8-10,16-17,20,23,26,37,41H,5-7,11-15,32H2,1-4H3,(H,33,38)(H,34,36)/t16-,17-,20-,23-,26+,30+,31-/m0/s1. The number of unbranched alkanes of at least 4 members (excludes halogenated alkanes) is 1. The second-order valence-electron chi connectivity index (χ2n) is 12.4. The summed E-state index contributed by atoms with van der Waals surface area (Å²) in [6, 6.07) is 1.29. The maximum atomic E-state index is 13.2. The van der Waals surface area contributed by atoms with Crippen molar-refractivity contribution in [2.24, 2.45) is 5.73 Å². The Kier molecular flexibility index (Phi) is 8.67. The summed E-state index contributed by atoms with van der Waals surface area (Å²) in [6.45, 7) is 5.20. The number of nitrogens with two attached hydrogens (primary N) is 1. The Morgan fingerprint density at radius 3 is 2.64 bits per heavy atom. The van der Waals surface area contributed by atoms with Crippen molar-refractivity contribution in [2.45, 2.75) is 101 Å². The molecular formula is C31H42N4O9. The highest BCUT2D eigenvalue weighted by Gasteiger charge is 2.72. The first kappa shape index (κ1) is 31.7. The molecule has 5 rings (SSSR count). The van der Waals surface area contributed by atoms with Crippen molar-refractivity contribution in [2.75, 3.05) is 20.1 Å². The normalized spacial score (nSPS) is 28.4. The highest BCUT2D eigenvalue weighted by atomic mass is 16.6. The van der Waals surface area contributed by atoms with E-state index in [2.05, 4.69) is 15.5 Å². The monoisotopic (exact) mass is 614 g/mol. The van der Waals surface area contributed by atoms with Crippen molar-refractivity contribution in [3.8, 4) is 11.5 Å². The fraction of sp³-hybridized carbons (Fsp3) is 0.613. The molecule has 0 aromatic heterocycles. The van der Waals surface area contributed by atoms with E-state index in [0.29, 0.717) is 50.9 Å². The molecule has 4 aliphatic rings. The number of carbonyl (C=O) groups is 4. The lowest BCUT2D eigenvalue weighted by Gasteiger charge is -2.61. The molecule has 13 nitrogen and oxygen atoms in total. The number of piperidine rings is 1. The van der Waals surface area contributed by atoms with Crippen LogP contribution in [0.5, 0.6) is 11.5 Å². The van der Waals surface area contributed by atoms with E-state index < -0.39 is 53.2 Å². The molecule has 2 amide bonds. The maximum absolute atomic E-state index is 13.2. The van der Waals surface area contributed by atoms with Gasteiger partial charge in [-0.2, -0.15) is 0 Å². The van der Waals surface area contributed by atoms with Crippen LogP contribution in [0, 0.1) is 0 Å². The van der Waals surface area contributed by atoms with Crippen molar-refractivity contribution in [3.05, 3.63) is 35.1 Å². The number of likely N-dealkylation sites (N-methyl/N-ethyl adjacent to an activating group) is 1. The molecule has 1 aromatic carbocycles. The number of nitrogens with zero attached hydrogens (tertiary/aromatic N) is 1. The minimum atomic E-state index is -1.33. The first-order valence-electron chi connectivity index (χ1n) is 15.2. The Labute approximate surface area is 256 Å². The molecule has 1 aromatic rings. The van der Waals surface area contributed by atoms with Crippen LogP contribution < -0.4 is 21.1 Å². The molecule has 0 radical (unpaired) electrons. The molecule has 7 atom stereocenters. The maximum Gasteiger partial charge on any atom is 0.352 e. The number of benzene rings is 1. The molecule has 0 saturated carbocycles. The number of ether oxygens (including phenoxy) is 3. The van der Waals surface area contributed by atoms with Crippen molar-refractivity contribution < 1.29 is 43.6 Å². The predicted octanol–water partition coefficient (Wildman–Crippen LogP) is 0.283. The van der Waals surface area contributed by atoms with Gasteiger partial charge in [0.2, 0.25) is 11.8 Å². The molecule has 2 aliphatic heterocycles. The average molecular weight is 615 g/mol. The second-order valence-corrected chi connectivity index (χ2v) is 12.4. The number of esters is 2. The SMILES string of the molecule is CC(=O)N[C@@H](CCCCN)C(=O)N[C@@H](C)C(=O)O[C@@H](C)C(=O)OC1=CC[C@]2(O)[C@@H]3Cc4ccc(O)c5c4[C@]2(CCN3C)[C@@H]1O5. The molecule has 13 heteroatoms. The number of rotatable bonds is 11. The fourth-order valence-corrected chi connectivity index (χ4v) is 7.34. The number of amides is 2. The molecule has 2 bridgehead atoms. The summed E-state index contributed by atoms with van der Waals surface area (Å²) in [5, 5.41) is 28.0. The number of carbonyl (C=O) groups excluding carboxylic acids is 4. The molecule has 1 fully saturated rings. The number of phenolic OH excluding ortho intramolecular Hbond substituents is 1. The summed E-state index contributed by atoms with van der Waals surface area (Å²) in [5.41, 5.74) is 5.13. The summed E-state index contributed by atoms with van der Waals surface area (Å²) in [4.78, 5) is 52.5. The summed E-state index contributed by atoms with van der Waals surface area (Å²) in [6.07, 6.45) is 2.40. The lowest BCUT2D eigenvalue weighted by molar-refractivity contribution is -0.176. The Bertz CT molecular complexity index is 1380. The van der Waals surface area contributed by atoms with Gasteiger partial charge in [0.25, 0.3) is 0 Å². The van der Waals surface area contributed by atoms with E-state index in [9.17, 15) is 29.4 Å². The highest BCUT2D eigenvalue weighted by molar-refractivity contribution is 5.90. The van der Waals surface area contributed by atoms with Gasteiger partial charge in [0, 0.05) is 24.9 Å². The number of hydrogen-bond donors (Lipinski definition) is 5. The quantitative estimate of drug-likeness (QED) is 0.170. The summed E-state index contributed by atoms with van der Waals surface area (Å²) in [7, 11) is 1.98. The van der Waals surface area contributed by atoms with Gasteiger partial charge >= 0.3 is 11.9 Å². The molecular weight excluding hydrogens is 572 g/mol. The second kappa shape index (κ2) is 12.0. The van der Waals surface area contributed by atoms with Crippen molar-refractivity contribution >= 4 is 23.8 Å². The van der Waals surface area contributed by atoms with Gasteiger partial charge in [-0.1, -0.05) is 6.07 Å². The van der Waals surface area contributed by atoms with Gasteiger partial charge in [0.1, 0.15) is 17.8 Å². The van der Waals surface area contributed by atoms with Crippen molar-refractivity contribution in [3.63, 3.8) is 0 Å². The van der Waals surface area contributed by atoms with Gasteiger partial charge in [-0.15, -0.1) is 0 Å². The molecule has 0 unspecified atom stereocenters. The molecule has 1 saturated heterocycles. The lowest BCUT2D eigenvalue weighted by Crippen LogP contribution is -2.74. The predicted molar refractivity (Wildman–Crippen MR) is 156 cm³/mol. The average Bonchev–Trinajstić information content (AvgIpc) is 3.33. The number of aliphatic hydroxyl groups is 1. The lowest BCUT2D eigenvalue weighted by atomic mass is 9.50. The molecule has 44 heavy (non-hydrogen) atoms. The first-order chi connectivity index (χ1) is 20.8. The Morgan fingerprint density at radius 2 is 1.93 bits per heavy atom. The summed E-state index contributed by atoms with van der Waals surface area (Å²) in [5.74, 6) is -2.22. The summed E-state index contributed by atoms with van der Waals surface area (Å²) >= 11 is 0. The highest BCUT2D eigenvalue weighted by Crippen LogP contribution is 2.65. The van der Waals surface area contributed by atoms with Crippen LogP contribution in [0.15, 0.2) is 24.0 Å². The van der Waals surface area contributed by atoms with Gasteiger partial charge in [-0.05, 0) is 83.8 Å². The zero-order valence-electron chi connectivity index (χ0n) is 25.6. The molecule has 2 heterocycles. The van der Waals surface area contributed by atoms with E-state index >= 15 is 0 Å². The third kappa shape index (κ3) is 5.20. The Hall–Kier alpha value is -3.68. The van der Waals surface area contributed by atoms with Crippen LogP contribution in [0.1, 0.15) is 64.0 Å². The zero-order chi connectivity index (χ0) is 32.0. The van der Waals surface area contributed by atoms with Crippen LogP contribution in [0.4, 0.5) is 0 Å². The van der Waals surface area contributed by atoms with Crippen LogP contribution in [0.2, 0.25) is 0 Å². The molecule has 240 valence electrons. The topological polar surface area (TPSA) is 190 Å². The molecule has 6 N–H and O–H groups in total. The van der Waals surface area contributed by atoms with E-state index in [0.717, 1.165) is 11.1 Å². The smallest absolute Gasteiger partial charge is 0.352 e. The van der Waals surface area contributed by atoms with Crippen LogP contribution in [0.25, 0.3) is 0 Å². The van der Waals surface area contributed by atoms with E-state index in [1.807, 2.05) is 13.1 Å². The number of nitrogens with one attached hydrogen (secondary N) is 2. The van der Waals surface area contributed by atoms with Gasteiger partial charge in [-0.25, -0.2) is 9.59 Å². The minimum Gasteiger partial charge on any atom is -0.504 e. The van der Waals surface area contributed by atoms with Crippen LogP contribution >= 0.6 is 0 Å². The van der Waals surface area contributed by atoms with Gasteiger partial charge in [0.05, 0.1) is 11.0 Å². The zero-order valence-corrected chi connectivity index (χ0v) is 25.6. The van der Waals surface area contributed by atoms with Crippen molar-refractivity contribution in [1.29, 1.82) is 0 Å². The van der Waals surface area contributed by atoms with Gasteiger partial charge in [0.15, 0.2) is 23.7 Å². The number of phenols is 1. The van der Waals surface area contributed by atoms with E-state index in [1.165, 1.54) is 20.8 Å². The van der Waals surface area contributed by atoms with Crippen molar-refractivity contribution in [1.82, 2.24) is 15.5 Å². The molecule has 1 spiro atoms. The van der Waals surface area contributed by atoms with Crippen LogP contribution in [-0.2, 0) is 40.5 Å². The first-order valence-corrected chi connectivity index (χ1v) is 15.2. The van der Waals surface area contributed by atoms with Gasteiger partial charge < -0.3 is 45.7 Å². The van der Waals surface area contributed by atoms with Crippen LogP contribution in [0.3, 0.4) is 0 Å². The number of likely N-dealkylation sites (tertiary alicyclic amines) is 1. The van der Waals surface area contributed by atoms with E-state index in [1.54, 1.807) is 12.1 Å². The number of aromatic hydroxyl groups is 1. The molecule has 2 aliphatic carbocycles. The van der Waals surface area contributed by atoms with Crippen LogP contribution in [-0.4, -0.2) is 94.9 Å². The Balaban J connectivity index is 1.26. The largest absolute Gasteiger partial charge is 0.504 e. The van der Waals surface area contributed by atoms with E-state index in [-0.39, 0.29) is 29.9 Å². The summed E-state index contributed by atoms with van der Waals surface area (Å²) < 4.78 is 17.4. The fourth-order valence-electron chi connectivity index (χ4n) is 7.34. The Morgan fingerprint density at radius 1 is 1.18 bits per heavy atom. The number of hydrogen-bond acceptors (Lipinski definition) is 11. The third-order valence-corrected chi connectivity index (χ3v) is 9.55.